The molecule has 4 nitrogen and oxygen atoms in total. The molecule has 0 amide bonds. The van der Waals surface area contributed by atoms with Crippen molar-refractivity contribution in [2.45, 2.75) is 13.3 Å². The average Bonchev–Trinajstić information content (AvgIpc) is 3.00. The Morgan fingerprint density at radius 1 is 1.24 bits per heavy atom. The van der Waals surface area contributed by atoms with E-state index in [9.17, 15) is 0 Å². The molecule has 0 saturated carbocycles. The SMILES string of the molecule is CCC1CN(c2ccc(OC)cc2)N=C1c1cccnc1. The first-order valence-corrected chi connectivity index (χ1v) is 7.22. The van der Waals surface area contributed by atoms with E-state index in [1.165, 1.54) is 0 Å². The predicted molar refractivity (Wildman–Crippen MR) is 84.9 cm³/mol. The van der Waals surface area contributed by atoms with Gasteiger partial charge in [-0.05, 0) is 42.8 Å². The summed E-state index contributed by atoms with van der Waals surface area (Å²) >= 11 is 0. The number of hydrazone groups is 1. The largest absolute Gasteiger partial charge is 0.497 e. The second kappa shape index (κ2) is 5.95. The topological polar surface area (TPSA) is 37.7 Å². The molecule has 21 heavy (non-hydrogen) atoms. The number of ether oxygens (including phenoxy) is 1. The van der Waals surface area contributed by atoms with Crippen molar-refractivity contribution in [2.75, 3.05) is 18.7 Å². The maximum absolute atomic E-state index is 5.20. The molecule has 1 atom stereocenters. The molecule has 0 fully saturated rings. The Bertz CT molecular complexity index is 622. The monoisotopic (exact) mass is 281 g/mol. The highest BCUT2D eigenvalue weighted by atomic mass is 16.5. The molecule has 0 aliphatic carbocycles. The molecule has 2 aromatic rings. The lowest BCUT2D eigenvalue weighted by atomic mass is 9.96. The van der Waals surface area contributed by atoms with E-state index in [4.69, 9.17) is 9.84 Å². The summed E-state index contributed by atoms with van der Waals surface area (Å²) in [6, 6.07) is 12.1. The Morgan fingerprint density at radius 3 is 2.67 bits per heavy atom. The maximum atomic E-state index is 5.20. The van der Waals surface area contributed by atoms with Gasteiger partial charge in [0, 0.05) is 23.9 Å². The molecule has 1 aromatic heterocycles. The summed E-state index contributed by atoms with van der Waals surface area (Å²) < 4.78 is 5.20. The number of rotatable bonds is 4. The molecular formula is C17H19N3O. The van der Waals surface area contributed by atoms with Gasteiger partial charge in [0.1, 0.15) is 5.75 Å². The van der Waals surface area contributed by atoms with Gasteiger partial charge in [-0.1, -0.05) is 6.92 Å². The van der Waals surface area contributed by atoms with Crippen LogP contribution in [0.15, 0.2) is 53.9 Å². The van der Waals surface area contributed by atoms with Crippen molar-refractivity contribution >= 4 is 11.4 Å². The van der Waals surface area contributed by atoms with Crippen LogP contribution in [-0.4, -0.2) is 24.4 Å². The van der Waals surface area contributed by atoms with Gasteiger partial charge in [-0.3, -0.25) is 9.99 Å². The van der Waals surface area contributed by atoms with Gasteiger partial charge in [0.05, 0.1) is 25.1 Å². The fourth-order valence-corrected chi connectivity index (χ4v) is 2.60. The normalized spacial score (nSPS) is 17.7. The molecule has 1 aliphatic rings. The van der Waals surface area contributed by atoms with Gasteiger partial charge in [0.2, 0.25) is 0 Å². The molecule has 1 aromatic carbocycles. The van der Waals surface area contributed by atoms with Gasteiger partial charge < -0.3 is 4.74 Å². The Labute approximate surface area is 125 Å². The van der Waals surface area contributed by atoms with Crippen molar-refractivity contribution < 1.29 is 4.74 Å². The fraction of sp³-hybridized carbons (Fsp3) is 0.294. The predicted octanol–water partition coefficient (Wildman–Crippen LogP) is 3.34. The van der Waals surface area contributed by atoms with E-state index in [0.717, 1.165) is 35.7 Å². The van der Waals surface area contributed by atoms with Gasteiger partial charge in [-0.25, -0.2) is 0 Å². The third-order valence-corrected chi connectivity index (χ3v) is 3.83. The van der Waals surface area contributed by atoms with Gasteiger partial charge in [0.15, 0.2) is 0 Å². The molecule has 2 heterocycles. The van der Waals surface area contributed by atoms with Crippen molar-refractivity contribution in [3.8, 4) is 5.75 Å². The minimum atomic E-state index is 0.441. The average molecular weight is 281 g/mol. The zero-order valence-corrected chi connectivity index (χ0v) is 12.4. The van der Waals surface area contributed by atoms with E-state index in [2.05, 4.69) is 23.0 Å². The number of aromatic nitrogens is 1. The Balaban J connectivity index is 1.89. The van der Waals surface area contributed by atoms with E-state index >= 15 is 0 Å². The fourth-order valence-electron chi connectivity index (χ4n) is 2.60. The molecule has 0 radical (unpaired) electrons. The first kappa shape index (κ1) is 13.6. The second-order valence-electron chi connectivity index (χ2n) is 5.11. The first-order chi connectivity index (χ1) is 10.3. The van der Waals surface area contributed by atoms with E-state index in [-0.39, 0.29) is 0 Å². The highest BCUT2D eigenvalue weighted by Crippen LogP contribution is 2.28. The molecule has 108 valence electrons. The van der Waals surface area contributed by atoms with Gasteiger partial charge in [0.25, 0.3) is 0 Å². The summed E-state index contributed by atoms with van der Waals surface area (Å²) in [6.45, 7) is 3.11. The molecule has 0 N–H and O–H groups in total. The molecular weight excluding hydrogens is 262 g/mol. The maximum Gasteiger partial charge on any atom is 0.119 e. The van der Waals surface area contributed by atoms with Gasteiger partial charge in [-0.2, -0.15) is 5.10 Å². The number of nitrogens with zero attached hydrogens (tertiary/aromatic N) is 3. The highest BCUT2D eigenvalue weighted by Gasteiger charge is 2.27. The van der Waals surface area contributed by atoms with E-state index in [1.807, 2.05) is 36.5 Å². The van der Waals surface area contributed by atoms with Crippen molar-refractivity contribution in [1.29, 1.82) is 0 Å². The number of methoxy groups -OCH3 is 1. The van der Waals surface area contributed by atoms with Crippen molar-refractivity contribution in [3.63, 3.8) is 0 Å². The molecule has 4 heteroatoms. The van der Waals surface area contributed by atoms with Crippen LogP contribution in [0.1, 0.15) is 18.9 Å². The standard InChI is InChI=1S/C17H19N3O/c1-3-13-12-20(15-6-8-16(21-2)9-7-15)19-17(13)14-5-4-10-18-11-14/h4-11,13H,3,12H2,1-2H3. The second-order valence-corrected chi connectivity index (χ2v) is 5.11. The summed E-state index contributed by atoms with van der Waals surface area (Å²) in [5.74, 6) is 1.30. The molecule has 1 unspecified atom stereocenters. The number of anilines is 1. The summed E-state index contributed by atoms with van der Waals surface area (Å²) in [7, 11) is 1.68. The Morgan fingerprint density at radius 2 is 2.05 bits per heavy atom. The highest BCUT2D eigenvalue weighted by molar-refractivity contribution is 6.04. The lowest BCUT2D eigenvalue weighted by Crippen LogP contribution is -2.19. The van der Waals surface area contributed by atoms with Crippen molar-refractivity contribution in [2.24, 2.45) is 11.0 Å². The third kappa shape index (κ3) is 2.75. The van der Waals surface area contributed by atoms with Crippen LogP contribution in [0.2, 0.25) is 0 Å². The number of hydrogen-bond acceptors (Lipinski definition) is 4. The van der Waals surface area contributed by atoms with Crippen LogP contribution < -0.4 is 9.75 Å². The van der Waals surface area contributed by atoms with E-state index < -0.39 is 0 Å². The van der Waals surface area contributed by atoms with Crippen LogP contribution in [0, 0.1) is 5.92 Å². The molecule has 0 saturated heterocycles. The van der Waals surface area contributed by atoms with Crippen LogP contribution in [-0.2, 0) is 0 Å². The summed E-state index contributed by atoms with van der Waals surface area (Å²) in [5, 5.41) is 6.87. The van der Waals surface area contributed by atoms with Crippen LogP contribution in [0.3, 0.4) is 0 Å². The zero-order chi connectivity index (χ0) is 14.7. The summed E-state index contributed by atoms with van der Waals surface area (Å²) in [4.78, 5) is 4.20. The van der Waals surface area contributed by atoms with Crippen LogP contribution >= 0.6 is 0 Å². The minimum absolute atomic E-state index is 0.441. The van der Waals surface area contributed by atoms with Crippen LogP contribution in [0.5, 0.6) is 5.75 Å². The summed E-state index contributed by atoms with van der Waals surface area (Å²) in [5.41, 5.74) is 3.33. The molecule has 0 bridgehead atoms. The summed E-state index contributed by atoms with van der Waals surface area (Å²) in [6.07, 6.45) is 4.75. The number of benzene rings is 1. The van der Waals surface area contributed by atoms with Crippen molar-refractivity contribution in [3.05, 3.63) is 54.4 Å². The first-order valence-electron chi connectivity index (χ1n) is 7.22. The molecule has 0 spiro atoms. The Hall–Kier alpha value is -2.36. The van der Waals surface area contributed by atoms with Crippen molar-refractivity contribution in [1.82, 2.24) is 4.98 Å². The van der Waals surface area contributed by atoms with Crippen LogP contribution in [0.25, 0.3) is 0 Å². The lowest BCUT2D eigenvalue weighted by Gasteiger charge is -2.15. The zero-order valence-electron chi connectivity index (χ0n) is 12.4. The lowest BCUT2D eigenvalue weighted by molar-refractivity contribution is 0.415. The number of hydrogen-bond donors (Lipinski definition) is 0. The van der Waals surface area contributed by atoms with E-state index in [1.54, 1.807) is 13.3 Å². The van der Waals surface area contributed by atoms with Crippen LogP contribution in [0.4, 0.5) is 5.69 Å². The third-order valence-electron chi connectivity index (χ3n) is 3.83. The molecule has 3 rings (SSSR count). The van der Waals surface area contributed by atoms with Gasteiger partial charge in [-0.15, -0.1) is 0 Å². The van der Waals surface area contributed by atoms with E-state index in [0.29, 0.717) is 5.92 Å². The van der Waals surface area contributed by atoms with Gasteiger partial charge >= 0.3 is 0 Å². The Kier molecular flexibility index (Phi) is 3.86. The minimum Gasteiger partial charge on any atom is -0.497 e. The smallest absolute Gasteiger partial charge is 0.119 e. The molecule has 1 aliphatic heterocycles. The quantitative estimate of drug-likeness (QED) is 0.862. The number of pyridine rings is 1.